The lowest BCUT2D eigenvalue weighted by Gasteiger charge is -2.44. The lowest BCUT2D eigenvalue weighted by molar-refractivity contribution is -0.134. The zero-order chi connectivity index (χ0) is 33.8. The zero-order valence-corrected chi connectivity index (χ0v) is 26.8. The maximum Gasteiger partial charge on any atom is 0.422 e. The third-order valence-corrected chi connectivity index (χ3v) is 11.4. The number of hydrogen-bond acceptors (Lipinski definition) is 9. The number of aliphatic hydroxyl groups is 1. The molecule has 3 aromatic carbocycles. The number of carbonyl (C=O) groups excluding carboxylic acids is 2. The van der Waals surface area contributed by atoms with Crippen LogP contribution in [-0.4, -0.2) is 50.7 Å². The number of ether oxygens (including phenoxy) is 1. The van der Waals surface area contributed by atoms with Crippen molar-refractivity contribution in [1.29, 1.82) is 0 Å². The molecular weight excluding hydrogens is 666 g/mol. The lowest BCUT2D eigenvalue weighted by Crippen LogP contribution is -2.53. The molecule has 0 aromatic heterocycles. The maximum atomic E-state index is 14.1. The summed E-state index contributed by atoms with van der Waals surface area (Å²) in [6, 6.07) is 17.6. The molecule has 2 fully saturated rings. The molecule has 2 bridgehead atoms. The molecule has 16 heteroatoms. The van der Waals surface area contributed by atoms with Gasteiger partial charge in [0, 0.05) is 18.5 Å². The van der Waals surface area contributed by atoms with E-state index in [1.54, 1.807) is 52.1 Å². The van der Waals surface area contributed by atoms with Gasteiger partial charge in [-0.3, -0.25) is 9.52 Å². The number of nitrogens with zero attached hydrogens (tertiary/aromatic N) is 2. The molecule has 7 rings (SSSR count). The highest BCUT2D eigenvalue weighted by Crippen LogP contribution is 2.55. The quantitative estimate of drug-likeness (QED) is 0.268. The Morgan fingerprint density at radius 3 is 2.52 bits per heavy atom. The summed E-state index contributed by atoms with van der Waals surface area (Å²) in [5.41, 5.74) is 0.847. The normalized spacial score (nSPS) is 23.9. The zero-order valence-electron chi connectivity index (χ0n) is 25.2. The predicted octanol–water partition coefficient (Wildman–Crippen LogP) is 4.19. The molecule has 250 valence electrons. The van der Waals surface area contributed by atoms with Crippen molar-refractivity contribution in [1.82, 2.24) is 9.62 Å². The molecule has 0 unspecified atom stereocenters. The molecule has 0 saturated heterocycles. The van der Waals surface area contributed by atoms with Crippen LogP contribution in [0.5, 0.6) is 0 Å². The summed E-state index contributed by atoms with van der Waals surface area (Å²) in [5, 5.41) is 14.4. The maximum absolute atomic E-state index is 14.1. The van der Waals surface area contributed by atoms with Gasteiger partial charge in [-0.1, -0.05) is 42.5 Å². The van der Waals surface area contributed by atoms with Crippen molar-refractivity contribution in [2.75, 3.05) is 10.0 Å². The molecular formula is C32H30FN5O8S2. The summed E-state index contributed by atoms with van der Waals surface area (Å²) in [6.45, 7) is -0.0410. The molecule has 2 aliphatic carbocycles. The Morgan fingerprint density at radius 2 is 1.77 bits per heavy atom. The molecule has 48 heavy (non-hydrogen) atoms. The van der Waals surface area contributed by atoms with Gasteiger partial charge in [0.15, 0.2) is 5.84 Å². The molecule has 13 nitrogen and oxygen atoms in total. The van der Waals surface area contributed by atoms with E-state index >= 15 is 0 Å². The topological polar surface area (TPSA) is 184 Å². The van der Waals surface area contributed by atoms with E-state index in [2.05, 4.69) is 14.4 Å². The van der Waals surface area contributed by atoms with Gasteiger partial charge in [-0.15, -0.1) is 4.40 Å². The van der Waals surface area contributed by atoms with Gasteiger partial charge in [-0.05, 0) is 72.6 Å². The second-order valence-electron chi connectivity index (χ2n) is 12.2. The molecule has 2 amide bonds. The fourth-order valence-electron chi connectivity index (χ4n) is 7.21. The largest absolute Gasteiger partial charge is 0.511 e. The van der Waals surface area contributed by atoms with Crippen LogP contribution in [0.1, 0.15) is 30.4 Å². The van der Waals surface area contributed by atoms with Crippen LogP contribution in [0, 0.1) is 23.6 Å². The van der Waals surface area contributed by atoms with Gasteiger partial charge in [0.1, 0.15) is 28.7 Å². The van der Waals surface area contributed by atoms with E-state index in [4.69, 9.17) is 4.74 Å². The SMILES string of the molecule is O=C(NS(=O)(=O)Nc1ccc2c(c1)S(=O)(=O)N=C(C1=C(O)[C@@H]3[C@@H]4CC[C@@H](C4)[C@@H]3N(Cc3ccc(F)cc3)C1=O)N2)OCc1ccccc1. The predicted molar refractivity (Wildman–Crippen MR) is 172 cm³/mol. The molecule has 2 heterocycles. The van der Waals surface area contributed by atoms with Crippen LogP contribution in [0.3, 0.4) is 0 Å². The second kappa shape index (κ2) is 11.9. The van der Waals surface area contributed by atoms with Gasteiger partial charge in [-0.2, -0.15) is 16.8 Å². The fourth-order valence-corrected chi connectivity index (χ4v) is 9.12. The van der Waals surface area contributed by atoms with Crippen molar-refractivity contribution < 1.29 is 40.7 Å². The average molecular weight is 696 g/mol. The van der Waals surface area contributed by atoms with E-state index in [0.717, 1.165) is 25.3 Å². The van der Waals surface area contributed by atoms with Crippen LogP contribution in [0.4, 0.5) is 20.6 Å². The molecule has 4 atom stereocenters. The van der Waals surface area contributed by atoms with Crippen LogP contribution >= 0.6 is 0 Å². The number of anilines is 2. The van der Waals surface area contributed by atoms with Gasteiger partial charge in [0.2, 0.25) is 0 Å². The van der Waals surface area contributed by atoms with E-state index in [1.165, 1.54) is 24.3 Å². The lowest BCUT2D eigenvalue weighted by atomic mass is 9.77. The number of sulfonamides is 1. The molecule has 3 aromatic rings. The summed E-state index contributed by atoms with van der Waals surface area (Å²) < 4.78 is 78.3. The summed E-state index contributed by atoms with van der Waals surface area (Å²) in [5.74, 6) is -1.73. The van der Waals surface area contributed by atoms with Crippen LogP contribution in [-0.2, 0) is 42.9 Å². The minimum absolute atomic E-state index is 0.00794. The number of nitrogens with one attached hydrogen (secondary N) is 3. The highest BCUT2D eigenvalue weighted by atomic mass is 32.2. The van der Waals surface area contributed by atoms with E-state index in [1.807, 2.05) is 0 Å². The van der Waals surface area contributed by atoms with E-state index in [-0.39, 0.29) is 59.6 Å². The number of rotatable bonds is 8. The van der Waals surface area contributed by atoms with Crippen molar-refractivity contribution >= 4 is 49.4 Å². The minimum atomic E-state index is -4.53. The summed E-state index contributed by atoms with van der Waals surface area (Å²) in [4.78, 5) is 27.4. The van der Waals surface area contributed by atoms with Gasteiger partial charge < -0.3 is 20.1 Å². The smallest absolute Gasteiger partial charge is 0.422 e. The highest BCUT2D eigenvalue weighted by Gasteiger charge is 2.57. The number of hydrogen-bond donors (Lipinski definition) is 4. The highest BCUT2D eigenvalue weighted by molar-refractivity contribution is 7.91. The monoisotopic (exact) mass is 695 g/mol. The van der Waals surface area contributed by atoms with Crippen molar-refractivity contribution in [3.05, 3.63) is 101 Å². The first-order valence-corrected chi connectivity index (χ1v) is 18.1. The average Bonchev–Trinajstić information content (AvgIpc) is 3.66. The van der Waals surface area contributed by atoms with Crippen LogP contribution < -0.4 is 14.8 Å². The third kappa shape index (κ3) is 5.96. The number of aliphatic hydroxyl groups excluding tert-OH is 1. The minimum Gasteiger partial charge on any atom is -0.511 e. The van der Waals surface area contributed by atoms with Crippen molar-refractivity contribution in [3.63, 3.8) is 0 Å². The van der Waals surface area contributed by atoms with Gasteiger partial charge in [0.25, 0.3) is 15.9 Å². The number of carbonyl (C=O) groups is 2. The van der Waals surface area contributed by atoms with Crippen molar-refractivity contribution in [2.24, 2.45) is 22.2 Å². The van der Waals surface area contributed by atoms with Crippen LogP contribution in [0.25, 0.3) is 0 Å². The summed E-state index contributed by atoms with van der Waals surface area (Å²) >= 11 is 0. The molecule has 4 aliphatic rings. The van der Waals surface area contributed by atoms with Crippen molar-refractivity contribution in [2.45, 2.75) is 43.4 Å². The molecule has 0 spiro atoms. The molecule has 2 saturated carbocycles. The number of halogens is 1. The van der Waals surface area contributed by atoms with E-state index in [9.17, 15) is 35.9 Å². The molecule has 2 aliphatic heterocycles. The first-order valence-electron chi connectivity index (χ1n) is 15.1. The van der Waals surface area contributed by atoms with Gasteiger partial charge in [-0.25, -0.2) is 13.9 Å². The fraction of sp³-hybridized carbons (Fsp3) is 0.281. The van der Waals surface area contributed by atoms with Crippen LogP contribution in [0.15, 0.2) is 93.4 Å². The Balaban J connectivity index is 1.12. The summed E-state index contributed by atoms with van der Waals surface area (Å²) in [6.07, 6.45) is 1.34. The number of amides is 2. The van der Waals surface area contributed by atoms with Crippen LogP contribution in [0.2, 0.25) is 0 Å². The first-order chi connectivity index (χ1) is 22.9. The second-order valence-corrected chi connectivity index (χ2v) is 15.2. The van der Waals surface area contributed by atoms with Crippen molar-refractivity contribution in [3.8, 4) is 0 Å². The van der Waals surface area contributed by atoms with E-state index in [0.29, 0.717) is 11.1 Å². The Bertz CT molecular complexity index is 2090. The van der Waals surface area contributed by atoms with Gasteiger partial charge in [0.05, 0.1) is 11.4 Å². The Kier molecular flexibility index (Phi) is 7.86. The third-order valence-electron chi connectivity index (χ3n) is 9.19. The molecule has 0 radical (unpaired) electrons. The number of amidine groups is 1. The number of benzene rings is 3. The summed E-state index contributed by atoms with van der Waals surface area (Å²) in [7, 11) is -9.05. The number of fused-ring (bicyclic) bond motifs is 6. The Labute approximate surface area is 275 Å². The Morgan fingerprint density at radius 1 is 1.04 bits per heavy atom. The Hall–Kier alpha value is -4.96. The van der Waals surface area contributed by atoms with E-state index < -0.39 is 48.9 Å². The molecule has 4 N–H and O–H groups in total. The first kappa shape index (κ1) is 31.6. The van der Waals surface area contributed by atoms with Gasteiger partial charge >= 0.3 is 16.3 Å². The standard InChI is InChI=1S/C32H30FN5O8S2/c33-22-10-6-18(7-11-22)16-38-28-21-9-8-20(14-21)26(28)29(39)27(31(38)40)30-34-24-13-12-23(15-25(24)47(42,43)36-30)35-48(44,45)37-32(41)46-17-19-4-2-1-3-5-19/h1-7,10-13,15,20-21,26,28,35,39H,8-9,14,16-17H2,(H,34,36)(H,37,41)/t20-,21+,26-,28+/m1/s1.